The molecule has 1 aliphatic rings. The summed E-state index contributed by atoms with van der Waals surface area (Å²) in [5, 5.41) is 3.39. The quantitative estimate of drug-likeness (QED) is 0.843. The van der Waals surface area contributed by atoms with Gasteiger partial charge in [-0.3, -0.25) is 4.79 Å². The van der Waals surface area contributed by atoms with Crippen molar-refractivity contribution in [2.75, 3.05) is 25.0 Å². The van der Waals surface area contributed by atoms with Gasteiger partial charge in [0, 0.05) is 43.7 Å². The fraction of sp³-hybridized carbons (Fsp3) is 0.450. The fourth-order valence-corrected chi connectivity index (χ4v) is 3.27. The summed E-state index contributed by atoms with van der Waals surface area (Å²) < 4.78 is 0. The molecule has 0 spiro atoms. The summed E-state index contributed by atoms with van der Waals surface area (Å²) in [5.41, 5.74) is 2.32. The van der Waals surface area contributed by atoms with Crippen molar-refractivity contribution >= 4 is 11.7 Å². The van der Waals surface area contributed by atoms with Crippen molar-refractivity contribution in [3.05, 3.63) is 53.5 Å². The lowest BCUT2D eigenvalue weighted by Gasteiger charge is -2.17. The molecule has 0 bridgehead atoms. The van der Waals surface area contributed by atoms with Gasteiger partial charge in [0.25, 0.3) is 0 Å². The van der Waals surface area contributed by atoms with Crippen molar-refractivity contribution in [3.8, 4) is 0 Å². The average Bonchev–Trinajstić information content (AvgIpc) is 2.98. The molecule has 1 unspecified atom stereocenters. The molecule has 25 heavy (non-hydrogen) atoms. The molecule has 1 aromatic carbocycles. The first-order chi connectivity index (χ1) is 12.1. The predicted molar refractivity (Wildman–Crippen MR) is 99.5 cm³/mol. The van der Waals surface area contributed by atoms with Gasteiger partial charge < -0.3 is 10.2 Å². The highest BCUT2D eigenvalue weighted by Crippen LogP contribution is 2.19. The number of hydrogen-bond donors (Lipinski definition) is 1. The van der Waals surface area contributed by atoms with Crippen LogP contribution in [0.1, 0.15) is 30.4 Å². The smallest absolute Gasteiger partial charge is 0.223 e. The monoisotopic (exact) mass is 338 g/mol. The molecule has 2 heterocycles. The molecule has 1 aliphatic heterocycles. The van der Waals surface area contributed by atoms with Crippen LogP contribution in [0.5, 0.6) is 0 Å². The number of carbonyl (C=O) groups is 1. The van der Waals surface area contributed by atoms with Gasteiger partial charge in [0.05, 0.1) is 0 Å². The van der Waals surface area contributed by atoms with E-state index < -0.39 is 0 Å². The number of nitrogens with zero attached hydrogens (tertiary/aromatic N) is 3. The van der Waals surface area contributed by atoms with Gasteiger partial charge in [-0.25, -0.2) is 9.97 Å². The number of hydrogen-bond acceptors (Lipinski definition) is 4. The second-order valence-electron chi connectivity index (χ2n) is 6.67. The highest BCUT2D eigenvalue weighted by atomic mass is 16.2. The van der Waals surface area contributed by atoms with Gasteiger partial charge in [0.1, 0.15) is 11.6 Å². The van der Waals surface area contributed by atoms with Crippen molar-refractivity contribution < 1.29 is 4.79 Å². The molecule has 1 N–H and O–H groups in total. The van der Waals surface area contributed by atoms with Gasteiger partial charge in [-0.2, -0.15) is 0 Å². The van der Waals surface area contributed by atoms with Crippen molar-refractivity contribution in [2.45, 2.75) is 33.1 Å². The van der Waals surface area contributed by atoms with Crippen LogP contribution in [0.25, 0.3) is 0 Å². The largest absolute Gasteiger partial charge is 0.370 e. The van der Waals surface area contributed by atoms with Crippen LogP contribution < -0.4 is 5.32 Å². The molecule has 0 aliphatic carbocycles. The maximum absolute atomic E-state index is 12.2. The van der Waals surface area contributed by atoms with Crippen LogP contribution in [-0.4, -0.2) is 40.4 Å². The number of nitrogens with one attached hydrogen (secondary N) is 1. The Labute approximate surface area is 149 Å². The van der Waals surface area contributed by atoms with Crippen molar-refractivity contribution in [1.82, 2.24) is 14.9 Å². The Morgan fingerprint density at radius 1 is 1.24 bits per heavy atom. The Hall–Kier alpha value is -2.43. The molecule has 2 aromatic rings. The highest BCUT2D eigenvalue weighted by Gasteiger charge is 2.29. The van der Waals surface area contributed by atoms with E-state index in [1.807, 2.05) is 36.1 Å². The second-order valence-corrected chi connectivity index (χ2v) is 6.67. The maximum Gasteiger partial charge on any atom is 0.223 e. The minimum absolute atomic E-state index is 0.260. The molecule has 0 saturated carbocycles. The third kappa shape index (κ3) is 4.78. The highest BCUT2D eigenvalue weighted by molar-refractivity contribution is 5.78. The van der Waals surface area contributed by atoms with Gasteiger partial charge in [-0.1, -0.05) is 37.3 Å². The molecule has 1 amide bonds. The minimum atomic E-state index is 0.260. The Bertz CT molecular complexity index is 717. The van der Waals surface area contributed by atoms with E-state index >= 15 is 0 Å². The SMILES string of the molecule is CCc1cc(NCC2CC(=O)N(CCc3ccccc3)C2)nc(C)n1. The molecular formula is C20H26N4O. The van der Waals surface area contributed by atoms with E-state index in [1.165, 1.54) is 5.56 Å². The first-order valence-electron chi connectivity index (χ1n) is 9.04. The predicted octanol–water partition coefficient (Wildman–Crippen LogP) is 2.85. The second kappa shape index (κ2) is 8.10. The lowest BCUT2D eigenvalue weighted by Crippen LogP contribution is -2.28. The third-order valence-electron chi connectivity index (χ3n) is 4.63. The molecule has 1 saturated heterocycles. The number of rotatable bonds is 7. The normalized spacial score (nSPS) is 17.1. The standard InChI is InChI=1S/C20H26N4O/c1-3-18-12-19(23-15(2)22-18)21-13-17-11-20(25)24(14-17)10-9-16-7-5-4-6-8-16/h4-8,12,17H,3,9-11,13-14H2,1-2H3,(H,21,22,23). The summed E-state index contributed by atoms with van der Waals surface area (Å²) in [5.74, 6) is 2.24. The van der Waals surface area contributed by atoms with Gasteiger partial charge >= 0.3 is 0 Å². The molecule has 132 valence electrons. The fourth-order valence-electron chi connectivity index (χ4n) is 3.27. The first-order valence-corrected chi connectivity index (χ1v) is 9.04. The van der Waals surface area contributed by atoms with Gasteiger partial charge in [-0.05, 0) is 25.3 Å². The van der Waals surface area contributed by atoms with Crippen LogP contribution >= 0.6 is 0 Å². The van der Waals surface area contributed by atoms with Crippen molar-refractivity contribution in [3.63, 3.8) is 0 Å². The van der Waals surface area contributed by atoms with E-state index in [2.05, 4.69) is 34.3 Å². The van der Waals surface area contributed by atoms with Crippen LogP contribution in [0.2, 0.25) is 0 Å². The molecule has 1 fully saturated rings. The van der Waals surface area contributed by atoms with E-state index in [9.17, 15) is 4.79 Å². The topological polar surface area (TPSA) is 58.1 Å². The maximum atomic E-state index is 12.2. The minimum Gasteiger partial charge on any atom is -0.370 e. The number of aromatic nitrogens is 2. The summed E-state index contributed by atoms with van der Waals surface area (Å²) in [7, 11) is 0. The number of likely N-dealkylation sites (tertiary alicyclic amines) is 1. The number of aryl methyl sites for hydroxylation is 2. The van der Waals surface area contributed by atoms with Gasteiger partial charge in [0.15, 0.2) is 0 Å². The summed E-state index contributed by atoms with van der Waals surface area (Å²) in [6.45, 7) is 6.39. The number of anilines is 1. The van der Waals surface area contributed by atoms with Gasteiger partial charge in [-0.15, -0.1) is 0 Å². The lowest BCUT2D eigenvalue weighted by molar-refractivity contribution is -0.127. The Balaban J connectivity index is 1.50. The molecule has 0 radical (unpaired) electrons. The number of benzene rings is 1. The summed E-state index contributed by atoms with van der Waals surface area (Å²) in [4.78, 5) is 23.1. The molecule has 3 rings (SSSR count). The van der Waals surface area contributed by atoms with Crippen molar-refractivity contribution in [2.24, 2.45) is 5.92 Å². The Morgan fingerprint density at radius 2 is 2.04 bits per heavy atom. The van der Waals surface area contributed by atoms with E-state index in [0.29, 0.717) is 12.3 Å². The summed E-state index contributed by atoms with van der Waals surface area (Å²) in [6, 6.07) is 12.3. The first kappa shape index (κ1) is 17.4. The summed E-state index contributed by atoms with van der Waals surface area (Å²) in [6.07, 6.45) is 2.43. The van der Waals surface area contributed by atoms with Crippen LogP contribution in [0, 0.1) is 12.8 Å². The zero-order valence-electron chi connectivity index (χ0n) is 15.0. The Kier molecular flexibility index (Phi) is 5.64. The zero-order valence-corrected chi connectivity index (χ0v) is 15.0. The van der Waals surface area contributed by atoms with E-state index in [1.54, 1.807) is 0 Å². The molecule has 1 aromatic heterocycles. The van der Waals surface area contributed by atoms with Crippen LogP contribution in [0.15, 0.2) is 36.4 Å². The molecule has 1 atom stereocenters. The number of amides is 1. The lowest BCUT2D eigenvalue weighted by atomic mass is 10.1. The molecule has 5 nitrogen and oxygen atoms in total. The third-order valence-corrected chi connectivity index (χ3v) is 4.63. The van der Waals surface area contributed by atoms with Crippen LogP contribution in [-0.2, 0) is 17.6 Å². The molecular weight excluding hydrogens is 312 g/mol. The van der Waals surface area contributed by atoms with E-state index in [-0.39, 0.29) is 5.91 Å². The molecule has 5 heteroatoms. The zero-order chi connectivity index (χ0) is 17.6. The number of carbonyl (C=O) groups excluding carboxylic acids is 1. The van der Waals surface area contributed by atoms with E-state index in [0.717, 1.165) is 49.8 Å². The average molecular weight is 338 g/mol. The van der Waals surface area contributed by atoms with Crippen molar-refractivity contribution in [1.29, 1.82) is 0 Å². The van der Waals surface area contributed by atoms with Gasteiger partial charge in [0.2, 0.25) is 5.91 Å². The van der Waals surface area contributed by atoms with Crippen LogP contribution in [0.3, 0.4) is 0 Å². The summed E-state index contributed by atoms with van der Waals surface area (Å²) >= 11 is 0. The van der Waals surface area contributed by atoms with E-state index in [4.69, 9.17) is 0 Å². The Morgan fingerprint density at radius 3 is 2.80 bits per heavy atom. The van der Waals surface area contributed by atoms with Crippen LogP contribution in [0.4, 0.5) is 5.82 Å².